The van der Waals surface area contributed by atoms with Crippen molar-refractivity contribution in [2.45, 2.75) is 49.4 Å². The maximum absolute atomic E-state index is 7.13. The first-order valence-corrected chi connectivity index (χ1v) is 33.4. The molecule has 0 fully saturated rings. The van der Waals surface area contributed by atoms with Gasteiger partial charge in [-0.25, -0.2) is 0 Å². The van der Waals surface area contributed by atoms with E-state index in [2.05, 4.69) is 342 Å². The minimum atomic E-state index is -0.787. The van der Waals surface area contributed by atoms with Gasteiger partial charge in [0.25, 0.3) is 0 Å². The third-order valence-corrected chi connectivity index (χ3v) is 22.3. The number of rotatable bonds is 8. The van der Waals surface area contributed by atoms with Crippen molar-refractivity contribution in [3.05, 3.63) is 376 Å². The molecule has 0 amide bonds. The van der Waals surface area contributed by atoms with Gasteiger partial charge in [0, 0.05) is 54.9 Å². The summed E-state index contributed by atoms with van der Waals surface area (Å²) in [4.78, 5) is 2.56. The molecule has 16 aromatic rings. The summed E-state index contributed by atoms with van der Waals surface area (Å²) in [5.41, 5.74) is 32.2. The number of nitrogens with zero attached hydrogens (tertiary/aromatic N) is 1. The molecule has 95 heavy (non-hydrogen) atoms. The molecule has 0 aliphatic heterocycles. The lowest BCUT2D eigenvalue weighted by atomic mass is 9.66. The van der Waals surface area contributed by atoms with Gasteiger partial charge in [-0.1, -0.05) is 276 Å². The first-order chi connectivity index (χ1) is 46.7. The van der Waals surface area contributed by atoms with Crippen molar-refractivity contribution in [2.24, 2.45) is 0 Å². The number of para-hydroxylation sites is 3. The van der Waals surface area contributed by atoms with Gasteiger partial charge in [-0.15, -0.1) is 0 Å². The number of benzene rings is 14. The van der Waals surface area contributed by atoms with E-state index in [-0.39, 0.29) is 5.41 Å². The minimum absolute atomic E-state index is 0.286. The second kappa shape index (κ2) is 19.5. The minimum Gasteiger partial charge on any atom is -0.456 e. The van der Waals surface area contributed by atoms with Crippen LogP contribution in [-0.4, -0.2) is 0 Å². The van der Waals surface area contributed by atoms with Gasteiger partial charge in [0.05, 0.1) is 16.5 Å². The Hall–Kier alpha value is -11.5. The summed E-state index contributed by atoms with van der Waals surface area (Å²) in [6.07, 6.45) is 0. The van der Waals surface area contributed by atoms with Crippen LogP contribution in [0.15, 0.2) is 318 Å². The lowest BCUT2D eigenvalue weighted by Crippen LogP contribution is -2.30. The fourth-order valence-electron chi connectivity index (χ4n) is 18.5. The Labute approximate surface area is 552 Å². The van der Waals surface area contributed by atoms with Gasteiger partial charge in [0.2, 0.25) is 0 Å². The maximum Gasteiger partial charge on any atom is 0.144 e. The van der Waals surface area contributed by atoms with E-state index >= 15 is 0 Å². The zero-order valence-electron chi connectivity index (χ0n) is 53.2. The SMILES string of the molecule is CC1(C)c2ccccc2-c2c1c1c(c3c2oc2ccccc23)-c2ccc(N(c3ccc4c(c3)C(c3ccccc3)(c3ccccc3)c3cc5c(cc3-4)C(c3ccccc3)(c3ccccc3)c3ccc4oc6ccccc6c4c3-5)c3ccccc3-c3ccccc3)cc2C1(C)C. The summed E-state index contributed by atoms with van der Waals surface area (Å²) in [7, 11) is 0. The van der Waals surface area contributed by atoms with Crippen LogP contribution in [0.5, 0.6) is 0 Å². The molecule has 4 aliphatic carbocycles. The van der Waals surface area contributed by atoms with Crippen LogP contribution in [0.2, 0.25) is 0 Å². The lowest BCUT2D eigenvalue weighted by molar-refractivity contribution is 0.600. The Balaban J connectivity index is 0.875. The number of hydrogen-bond acceptors (Lipinski definition) is 3. The Morgan fingerprint density at radius 1 is 0.274 bits per heavy atom. The van der Waals surface area contributed by atoms with Crippen LogP contribution < -0.4 is 4.90 Å². The van der Waals surface area contributed by atoms with Crippen LogP contribution in [-0.2, 0) is 21.7 Å². The van der Waals surface area contributed by atoms with Crippen LogP contribution >= 0.6 is 0 Å². The molecule has 0 N–H and O–H groups in total. The molecular formula is C92H63NO2. The smallest absolute Gasteiger partial charge is 0.144 e. The quantitative estimate of drug-likeness (QED) is 0.152. The average Bonchev–Trinajstić information content (AvgIpc) is 1.51. The van der Waals surface area contributed by atoms with Crippen molar-refractivity contribution in [2.75, 3.05) is 4.90 Å². The van der Waals surface area contributed by atoms with Crippen molar-refractivity contribution < 1.29 is 8.83 Å². The van der Waals surface area contributed by atoms with Gasteiger partial charge in [0.1, 0.15) is 22.3 Å². The highest BCUT2D eigenvalue weighted by atomic mass is 16.3. The van der Waals surface area contributed by atoms with Crippen LogP contribution in [0.1, 0.15) is 94.5 Å². The summed E-state index contributed by atoms with van der Waals surface area (Å²) < 4.78 is 14.0. The fourth-order valence-corrected chi connectivity index (χ4v) is 18.5. The van der Waals surface area contributed by atoms with Gasteiger partial charge < -0.3 is 13.7 Å². The van der Waals surface area contributed by atoms with Crippen LogP contribution in [0.25, 0.3) is 99.5 Å². The molecule has 3 nitrogen and oxygen atoms in total. The van der Waals surface area contributed by atoms with E-state index in [1.165, 1.54) is 117 Å². The third-order valence-electron chi connectivity index (χ3n) is 22.3. The molecule has 0 saturated carbocycles. The van der Waals surface area contributed by atoms with Gasteiger partial charge in [-0.2, -0.15) is 0 Å². The molecule has 0 unspecified atom stereocenters. The van der Waals surface area contributed by atoms with Gasteiger partial charge in [0.15, 0.2) is 0 Å². The Morgan fingerprint density at radius 3 is 1.37 bits per heavy atom. The number of hydrogen-bond donors (Lipinski definition) is 0. The topological polar surface area (TPSA) is 29.5 Å². The monoisotopic (exact) mass is 1210 g/mol. The van der Waals surface area contributed by atoms with E-state index < -0.39 is 16.2 Å². The molecule has 0 atom stereocenters. The largest absolute Gasteiger partial charge is 0.456 e. The number of fused-ring (bicyclic) bond motifs is 22. The molecule has 4 aliphatic rings. The van der Waals surface area contributed by atoms with Crippen molar-refractivity contribution in [3.8, 4) is 55.6 Å². The second-order valence-electron chi connectivity index (χ2n) is 27.6. The van der Waals surface area contributed by atoms with E-state index in [1.807, 2.05) is 0 Å². The molecule has 0 saturated heterocycles. The van der Waals surface area contributed by atoms with E-state index in [0.29, 0.717) is 0 Å². The molecule has 20 rings (SSSR count). The number of furan rings is 2. The highest BCUT2D eigenvalue weighted by Crippen LogP contribution is 2.67. The summed E-state index contributed by atoms with van der Waals surface area (Å²) in [6.45, 7) is 9.78. The molecule has 2 heterocycles. The third kappa shape index (κ3) is 7.04. The molecule has 0 radical (unpaired) electrons. The van der Waals surface area contributed by atoms with Gasteiger partial charge >= 0.3 is 0 Å². The first kappa shape index (κ1) is 54.1. The Kier molecular flexibility index (Phi) is 11.1. The molecular weight excluding hydrogens is 1150 g/mol. The lowest BCUT2D eigenvalue weighted by Gasteiger charge is -2.36. The van der Waals surface area contributed by atoms with Crippen molar-refractivity contribution >= 4 is 60.9 Å². The standard InChI is InChI=1S/C92H63NO2/c1-89(2)71-42-24-20-39-65(71)85-87(89)86-83(84-68-41-23-27-45-79(68)95-88(84)85)66-49-47-61(52-73(66)90(86,3)4)93(77-43-25-21-38-63(77)56-28-10-5-11-29-56)62-46-48-64-69-54-76-70(55-75(69)92(74(64)53-62,59-34-16-8-17-35-59)60-36-18-9-19-37-60)81-72(50-51-80-82(81)67-40-22-26-44-78(67)94-80)91(76,57-30-12-6-13-31-57)58-32-14-7-15-33-58/h5-55H,1-4H3. The first-order valence-electron chi connectivity index (χ1n) is 33.4. The maximum atomic E-state index is 7.13. The zero-order valence-corrected chi connectivity index (χ0v) is 53.2. The molecule has 2 aromatic heterocycles. The van der Waals surface area contributed by atoms with Crippen LogP contribution in [0.3, 0.4) is 0 Å². The highest BCUT2D eigenvalue weighted by Gasteiger charge is 2.53. The summed E-state index contributed by atoms with van der Waals surface area (Å²) in [5, 5.41) is 4.61. The van der Waals surface area contributed by atoms with Crippen LogP contribution in [0, 0.1) is 0 Å². The van der Waals surface area contributed by atoms with E-state index in [4.69, 9.17) is 8.83 Å². The van der Waals surface area contributed by atoms with E-state index in [0.717, 1.165) is 66.7 Å². The van der Waals surface area contributed by atoms with Crippen molar-refractivity contribution in [1.82, 2.24) is 0 Å². The summed E-state index contributed by atoms with van der Waals surface area (Å²) in [5.74, 6) is 0. The Bertz CT molecular complexity index is 5810. The molecule has 3 heteroatoms. The zero-order chi connectivity index (χ0) is 63.1. The summed E-state index contributed by atoms with van der Waals surface area (Å²) >= 11 is 0. The summed E-state index contributed by atoms with van der Waals surface area (Å²) in [6, 6.07) is 116. The molecule has 14 aromatic carbocycles. The van der Waals surface area contributed by atoms with Crippen molar-refractivity contribution in [1.29, 1.82) is 0 Å². The van der Waals surface area contributed by atoms with Crippen LogP contribution in [0.4, 0.5) is 17.1 Å². The average molecular weight is 1210 g/mol. The molecule has 0 bridgehead atoms. The van der Waals surface area contributed by atoms with Gasteiger partial charge in [-0.05, 0) is 172 Å². The predicted molar refractivity (Wildman–Crippen MR) is 391 cm³/mol. The van der Waals surface area contributed by atoms with Crippen molar-refractivity contribution in [3.63, 3.8) is 0 Å². The second-order valence-corrected chi connectivity index (χ2v) is 27.6. The van der Waals surface area contributed by atoms with Gasteiger partial charge in [-0.3, -0.25) is 0 Å². The number of anilines is 3. The highest BCUT2D eigenvalue weighted by molar-refractivity contribution is 6.21. The van der Waals surface area contributed by atoms with E-state index in [1.54, 1.807) is 0 Å². The predicted octanol–water partition coefficient (Wildman–Crippen LogP) is 24.0. The molecule has 448 valence electrons. The fraction of sp³-hybridized carbons (Fsp3) is 0.0870. The normalized spacial score (nSPS) is 15.1. The molecule has 0 spiro atoms. The van der Waals surface area contributed by atoms with E-state index in [9.17, 15) is 0 Å². The Morgan fingerprint density at radius 2 is 0.726 bits per heavy atom.